The summed E-state index contributed by atoms with van der Waals surface area (Å²) in [5, 5.41) is 3.02. The number of nitrogens with one attached hydrogen (secondary N) is 1. The van der Waals surface area contributed by atoms with Gasteiger partial charge in [-0.1, -0.05) is 12.1 Å². The van der Waals surface area contributed by atoms with Crippen LogP contribution in [-0.2, 0) is 6.54 Å². The second-order valence-electron chi connectivity index (χ2n) is 4.42. The average Bonchev–Trinajstić information content (AvgIpc) is 2.85. The number of halogens is 1. The Bertz CT molecular complexity index is 718. The highest BCUT2D eigenvalue weighted by Gasteiger charge is 2.07. The Labute approximate surface area is 110 Å². The highest BCUT2D eigenvalue weighted by atomic mass is 19.1. The summed E-state index contributed by atoms with van der Waals surface area (Å²) in [6, 6.07) is 12.9. The number of hydrogen-bond donors (Lipinski definition) is 1. The Balaban J connectivity index is 2.01. The van der Waals surface area contributed by atoms with Crippen molar-refractivity contribution in [1.82, 2.24) is 9.55 Å². The van der Waals surface area contributed by atoms with Gasteiger partial charge in [-0.15, -0.1) is 0 Å². The van der Waals surface area contributed by atoms with Crippen LogP contribution in [0.4, 0.5) is 10.1 Å². The van der Waals surface area contributed by atoms with Crippen LogP contribution >= 0.6 is 0 Å². The van der Waals surface area contributed by atoms with Crippen molar-refractivity contribution in [3.8, 4) is 0 Å². The number of hydrogen-bond acceptors (Lipinski definition) is 2. The Morgan fingerprint density at radius 3 is 2.89 bits per heavy atom. The molecule has 0 bridgehead atoms. The molecule has 0 fully saturated rings. The summed E-state index contributed by atoms with van der Waals surface area (Å²) in [5.41, 5.74) is 3.49. The molecular formula is C15H14FN3. The molecule has 1 heterocycles. The van der Waals surface area contributed by atoms with Crippen LogP contribution in [0.25, 0.3) is 11.0 Å². The number of anilines is 1. The van der Waals surface area contributed by atoms with E-state index in [1.165, 1.54) is 6.07 Å². The first-order chi connectivity index (χ1) is 9.28. The first-order valence-electron chi connectivity index (χ1n) is 6.14. The lowest BCUT2D eigenvalue weighted by Crippen LogP contribution is -2.01. The first-order valence-corrected chi connectivity index (χ1v) is 6.14. The minimum atomic E-state index is -0.197. The van der Waals surface area contributed by atoms with Crippen molar-refractivity contribution in [1.29, 1.82) is 0 Å². The number of imidazole rings is 1. The van der Waals surface area contributed by atoms with Crippen molar-refractivity contribution in [3.05, 3.63) is 60.2 Å². The molecule has 19 heavy (non-hydrogen) atoms. The van der Waals surface area contributed by atoms with E-state index in [2.05, 4.69) is 10.3 Å². The first kappa shape index (κ1) is 11.7. The van der Waals surface area contributed by atoms with E-state index in [1.807, 2.05) is 41.9 Å². The Hall–Kier alpha value is -2.36. The van der Waals surface area contributed by atoms with Gasteiger partial charge in [-0.05, 0) is 30.3 Å². The molecule has 0 atom stereocenters. The van der Waals surface area contributed by atoms with Crippen molar-refractivity contribution in [3.63, 3.8) is 0 Å². The molecule has 4 heteroatoms. The standard InChI is InChI=1S/C15H14FN3/c1-17-12-6-7-13(16)11(8-12)9-19-10-18-14-4-2-3-5-15(14)19/h2-8,10,17H,9H2,1H3. The lowest BCUT2D eigenvalue weighted by atomic mass is 10.2. The maximum atomic E-state index is 13.8. The molecule has 1 N–H and O–H groups in total. The maximum Gasteiger partial charge on any atom is 0.128 e. The van der Waals surface area contributed by atoms with Crippen molar-refractivity contribution in [2.45, 2.75) is 6.54 Å². The smallest absolute Gasteiger partial charge is 0.128 e. The van der Waals surface area contributed by atoms with Crippen LogP contribution in [0, 0.1) is 5.82 Å². The van der Waals surface area contributed by atoms with Crippen LogP contribution in [-0.4, -0.2) is 16.6 Å². The molecule has 1 aromatic heterocycles. The van der Waals surface area contributed by atoms with Gasteiger partial charge in [-0.2, -0.15) is 0 Å². The van der Waals surface area contributed by atoms with E-state index in [-0.39, 0.29) is 5.82 Å². The molecule has 0 unspecified atom stereocenters. The monoisotopic (exact) mass is 255 g/mol. The summed E-state index contributed by atoms with van der Waals surface area (Å²) in [7, 11) is 1.82. The molecule has 0 saturated carbocycles. The Morgan fingerprint density at radius 1 is 1.21 bits per heavy atom. The molecular weight excluding hydrogens is 241 g/mol. The van der Waals surface area contributed by atoms with E-state index in [0.29, 0.717) is 12.1 Å². The summed E-state index contributed by atoms with van der Waals surface area (Å²) in [5.74, 6) is -0.197. The van der Waals surface area contributed by atoms with Gasteiger partial charge >= 0.3 is 0 Å². The maximum absolute atomic E-state index is 13.8. The third-order valence-corrected chi connectivity index (χ3v) is 3.20. The Kier molecular flexibility index (Phi) is 2.91. The quantitative estimate of drug-likeness (QED) is 0.778. The highest BCUT2D eigenvalue weighted by Crippen LogP contribution is 2.18. The molecule has 0 spiro atoms. The number of benzene rings is 2. The van der Waals surface area contributed by atoms with Gasteiger partial charge < -0.3 is 9.88 Å². The van der Waals surface area contributed by atoms with Crippen molar-refractivity contribution in [2.24, 2.45) is 0 Å². The van der Waals surface area contributed by atoms with Crippen LogP contribution < -0.4 is 5.32 Å². The molecule has 0 saturated heterocycles. The fourth-order valence-corrected chi connectivity index (χ4v) is 2.17. The Morgan fingerprint density at radius 2 is 2.05 bits per heavy atom. The SMILES string of the molecule is CNc1ccc(F)c(Cn2cnc3ccccc32)c1. The third-order valence-electron chi connectivity index (χ3n) is 3.20. The second-order valence-corrected chi connectivity index (χ2v) is 4.42. The van der Waals surface area contributed by atoms with E-state index < -0.39 is 0 Å². The summed E-state index contributed by atoms with van der Waals surface area (Å²) < 4.78 is 15.8. The summed E-state index contributed by atoms with van der Waals surface area (Å²) in [4.78, 5) is 4.31. The minimum absolute atomic E-state index is 0.197. The van der Waals surface area contributed by atoms with Gasteiger partial charge in [0.1, 0.15) is 5.82 Å². The molecule has 3 rings (SSSR count). The number of aromatic nitrogens is 2. The predicted molar refractivity (Wildman–Crippen MR) is 74.8 cm³/mol. The molecule has 0 aliphatic carbocycles. The van der Waals surface area contributed by atoms with E-state index in [1.54, 1.807) is 12.4 Å². The zero-order chi connectivity index (χ0) is 13.2. The predicted octanol–water partition coefficient (Wildman–Crippen LogP) is 3.27. The van der Waals surface area contributed by atoms with Gasteiger partial charge in [-0.25, -0.2) is 9.37 Å². The molecule has 0 aliphatic rings. The molecule has 2 aromatic carbocycles. The van der Waals surface area contributed by atoms with E-state index in [4.69, 9.17) is 0 Å². The van der Waals surface area contributed by atoms with Crippen LogP contribution in [0.3, 0.4) is 0 Å². The largest absolute Gasteiger partial charge is 0.388 e. The van der Waals surface area contributed by atoms with Crippen LogP contribution in [0.1, 0.15) is 5.56 Å². The third kappa shape index (κ3) is 2.17. The average molecular weight is 255 g/mol. The van der Waals surface area contributed by atoms with Crippen molar-refractivity contribution < 1.29 is 4.39 Å². The van der Waals surface area contributed by atoms with Crippen molar-refractivity contribution >= 4 is 16.7 Å². The van der Waals surface area contributed by atoms with Gasteiger partial charge in [0, 0.05) is 18.3 Å². The number of fused-ring (bicyclic) bond motifs is 1. The van der Waals surface area contributed by atoms with Gasteiger partial charge in [-0.3, -0.25) is 0 Å². The van der Waals surface area contributed by atoms with Gasteiger partial charge in [0.05, 0.1) is 23.9 Å². The lowest BCUT2D eigenvalue weighted by Gasteiger charge is -2.08. The molecule has 3 aromatic rings. The second kappa shape index (κ2) is 4.72. The van der Waals surface area contributed by atoms with E-state index >= 15 is 0 Å². The van der Waals surface area contributed by atoms with E-state index in [0.717, 1.165) is 16.7 Å². The van der Waals surface area contributed by atoms with Gasteiger partial charge in [0.25, 0.3) is 0 Å². The van der Waals surface area contributed by atoms with Gasteiger partial charge in [0.15, 0.2) is 0 Å². The molecule has 3 nitrogen and oxygen atoms in total. The number of nitrogens with zero attached hydrogens (tertiary/aromatic N) is 2. The summed E-state index contributed by atoms with van der Waals surface area (Å²) >= 11 is 0. The zero-order valence-electron chi connectivity index (χ0n) is 10.6. The van der Waals surface area contributed by atoms with Crippen LogP contribution in [0.2, 0.25) is 0 Å². The van der Waals surface area contributed by atoms with E-state index in [9.17, 15) is 4.39 Å². The highest BCUT2D eigenvalue weighted by molar-refractivity contribution is 5.75. The van der Waals surface area contributed by atoms with Crippen molar-refractivity contribution in [2.75, 3.05) is 12.4 Å². The fraction of sp³-hybridized carbons (Fsp3) is 0.133. The van der Waals surface area contributed by atoms with Crippen LogP contribution in [0.15, 0.2) is 48.8 Å². The molecule has 0 amide bonds. The topological polar surface area (TPSA) is 29.9 Å². The normalized spacial score (nSPS) is 10.8. The molecule has 0 radical (unpaired) electrons. The summed E-state index contributed by atoms with van der Waals surface area (Å²) in [6.07, 6.45) is 1.75. The lowest BCUT2D eigenvalue weighted by molar-refractivity contribution is 0.602. The molecule has 0 aliphatic heterocycles. The number of rotatable bonds is 3. The molecule has 96 valence electrons. The number of para-hydroxylation sites is 2. The van der Waals surface area contributed by atoms with Gasteiger partial charge in [0.2, 0.25) is 0 Å². The zero-order valence-corrected chi connectivity index (χ0v) is 10.6. The minimum Gasteiger partial charge on any atom is -0.388 e. The van der Waals surface area contributed by atoms with Crippen LogP contribution in [0.5, 0.6) is 0 Å². The summed E-state index contributed by atoms with van der Waals surface area (Å²) in [6.45, 7) is 0.474. The fourth-order valence-electron chi connectivity index (χ4n) is 2.17.